The molecular weight excluding hydrogens is 226 g/mol. The minimum atomic E-state index is 0.673. The summed E-state index contributed by atoms with van der Waals surface area (Å²) < 4.78 is 5.01. The van der Waals surface area contributed by atoms with Crippen molar-refractivity contribution in [3.63, 3.8) is 0 Å². The summed E-state index contributed by atoms with van der Waals surface area (Å²) in [5, 5.41) is 10.6. The molecule has 0 saturated heterocycles. The molecule has 0 radical (unpaired) electrons. The summed E-state index contributed by atoms with van der Waals surface area (Å²) in [4.78, 5) is 0. The third-order valence-corrected chi connectivity index (χ3v) is 2.95. The molecule has 1 aromatic heterocycles. The van der Waals surface area contributed by atoms with Crippen molar-refractivity contribution in [2.45, 2.75) is 13.8 Å². The van der Waals surface area contributed by atoms with E-state index in [2.05, 4.69) is 53.6 Å². The van der Waals surface area contributed by atoms with Gasteiger partial charge in [-0.15, -0.1) is 0 Å². The molecule has 4 heteroatoms. The average Bonchev–Trinajstić information content (AvgIpc) is 2.73. The van der Waals surface area contributed by atoms with Crippen molar-refractivity contribution in [1.29, 1.82) is 0 Å². The van der Waals surface area contributed by atoms with Gasteiger partial charge in [-0.25, -0.2) is 0 Å². The zero-order chi connectivity index (χ0) is 13.0. The van der Waals surface area contributed by atoms with Gasteiger partial charge in [0.15, 0.2) is 5.82 Å². The van der Waals surface area contributed by atoms with E-state index >= 15 is 0 Å². The van der Waals surface area contributed by atoms with Crippen molar-refractivity contribution in [3.05, 3.63) is 35.4 Å². The number of nitrogens with zero attached hydrogens (tertiary/aromatic N) is 1. The van der Waals surface area contributed by atoms with Crippen LogP contribution in [0.15, 0.2) is 24.3 Å². The van der Waals surface area contributed by atoms with Crippen molar-refractivity contribution in [2.75, 3.05) is 25.6 Å². The number of rotatable bonds is 5. The molecule has 18 heavy (non-hydrogen) atoms. The van der Waals surface area contributed by atoms with Crippen molar-refractivity contribution in [2.24, 2.45) is 0 Å². The highest BCUT2D eigenvalue weighted by molar-refractivity contribution is 5.68. The van der Waals surface area contributed by atoms with Crippen molar-refractivity contribution in [1.82, 2.24) is 10.2 Å². The Labute approximate surface area is 107 Å². The first-order valence-corrected chi connectivity index (χ1v) is 6.07. The number of ether oxygens (including phenoxy) is 1. The molecule has 0 spiro atoms. The second-order valence-electron chi connectivity index (χ2n) is 4.36. The molecule has 0 unspecified atom stereocenters. The predicted molar refractivity (Wildman–Crippen MR) is 73.9 cm³/mol. The number of hydrogen-bond donors (Lipinski definition) is 2. The van der Waals surface area contributed by atoms with E-state index in [9.17, 15) is 0 Å². The monoisotopic (exact) mass is 245 g/mol. The van der Waals surface area contributed by atoms with E-state index in [4.69, 9.17) is 4.74 Å². The van der Waals surface area contributed by atoms with Crippen LogP contribution in [-0.2, 0) is 4.74 Å². The summed E-state index contributed by atoms with van der Waals surface area (Å²) in [6, 6.07) is 8.42. The van der Waals surface area contributed by atoms with Gasteiger partial charge >= 0.3 is 0 Å². The Hall–Kier alpha value is -1.81. The maximum Gasteiger partial charge on any atom is 0.151 e. The van der Waals surface area contributed by atoms with Crippen LogP contribution in [0.2, 0.25) is 0 Å². The fourth-order valence-electron chi connectivity index (χ4n) is 1.84. The highest BCUT2D eigenvalue weighted by Crippen LogP contribution is 2.25. The molecule has 1 aromatic carbocycles. The van der Waals surface area contributed by atoms with E-state index in [1.807, 2.05) is 0 Å². The summed E-state index contributed by atoms with van der Waals surface area (Å²) in [6.45, 7) is 5.58. The smallest absolute Gasteiger partial charge is 0.151 e. The minimum Gasteiger partial charge on any atom is -0.383 e. The van der Waals surface area contributed by atoms with Gasteiger partial charge in [-0.3, -0.25) is 5.10 Å². The van der Waals surface area contributed by atoms with Crippen molar-refractivity contribution >= 4 is 5.82 Å². The second kappa shape index (κ2) is 5.69. The van der Waals surface area contributed by atoms with Crippen LogP contribution < -0.4 is 5.32 Å². The first-order chi connectivity index (χ1) is 8.72. The molecule has 0 aliphatic rings. The second-order valence-corrected chi connectivity index (χ2v) is 4.36. The van der Waals surface area contributed by atoms with Crippen LogP contribution in [0.25, 0.3) is 11.3 Å². The van der Waals surface area contributed by atoms with Crippen LogP contribution >= 0.6 is 0 Å². The summed E-state index contributed by atoms with van der Waals surface area (Å²) in [6.07, 6.45) is 0. The van der Waals surface area contributed by atoms with E-state index < -0.39 is 0 Å². The fraction of sp³-hybridized carbons (Fsp3) is 0.357. The largest absolute Gasteiger partial charge is 0.383 e. The lowest BCUT2D eigenvalue weighted by Gasteiger charge is -2.04. The van der Waals surface area contributed by atoms with Crippen LogP contribution in [0.4, 0.5) is 5.82 Å². The molecular formula is C14H19N3O. The van der Waals surface area contributed by atoms with E-state index in [1.165, 1.54) is 5.56 Å². The van der Waals surface area contributed by atoms with Crippen LogP contribution in [0.3, 0.4) is 0 Å². The number of aryl methyl sites for hydroxylation is 1. The molecule has 0 aliphatic heterocycles. The normalized spacial score (nSPS) is 10.6. The van der Waals surface area contributed by atoms with E-state index in [0.717, 1.165) is 29.2 Å². The molecule has 4 nitrogen and oxygen atoms in total. The summed E-state index contributed by atoms with van der Waals surface area (Å²) in [5.74, 6) is 0.891. The van der Waals surface area contributed by atoms with Crippen molar-refractivity contribution < 1.29 is 4.74 Å². The SMILES string of the molecule is COCCNc1n[nH]c(-c2ccc(C)cc2)c1C. The van der Waals surface area contributed by atoms with Gasteiger partial charge in [0.1, 0.15) is 0 Å². The van der Waals surface area contributed by atoms with Gasteiger partial charge in [0, 0.05) is 19.2 Å². The fourth-order valence-corrected chi connectivity index (χ4v) is 1.84. The Kier molecular flexibility index (Phi) is 3.99. The molecule has 0 atom stereocenters. The Balaban J connectivity index is 2.17. The number of H-pyrrole nitrogens is 1. The summed E-state index contributed by atoms with van der Waals surface area (Å²) in [5.41, 5.74) is 4.62. The standard InChI is InChI=1S/C14H19N3O/c1-10-4-6-12(7-5-10)13-11(2)14(17-16-13)15-8-9-18-3/h4-7H,8-9H2,1-3H3,(H2,15,16,17). The number of methoxy groups -OCH3 is 1. The van der Waals surface area contributed by atoms with Crippen LogP contribution in [-0.4, -0.2) is 30.5 Å². The highest BCUT2D eigenvalue weighted by Gasteiger charge is 2.09. The Morgan fingerprint density at radius 3 is 2.61 bits per heavy atom. The summed E-state index contributed by atoms with van der Waals surface area (Å²) in [7, 11) is 1.69. The summed E-state index contributed by atoms with van der Waals surface area (Å²) >= 11 is 0. The minimum absolute atomic E-state index is 0.673. The Bertz CT molecular complexity index is 502. The molecule has 96 valence electrons. The van der Waals surface area contributed by atoms with E-state index in [0.29, 0.717) is 6.61 Å². The maximum atomic E-state index is 5.01. The van der Waals surface area contributed by atoms with Crippen molar-refractivity contribution in [3.8, 4) is 11.3 Å². The average molecular weight is 245 g/mol. The van der Waals surface area contributed by atoms with Crippen LogP contribution in [0.5, 0.6) is 0 Å². The number of anilines is 1. The lowest BCUT2D eigenvalue weighted by molar-refractivity contribution is 0.210. The van der Waals surface area contributed by atoms with Gasteiger partial charge in [-0.05, 0) is 19.4 Å². The molecule has 0 saturated carbocycles. The lowest BCUT2D eigenvalue weighted by atomic mass is 10.1. The number of benzene rings is 1. The lowest BCUT2D eigenvalue weighted by Crippen LogP contribution is -2.08. The number of aromatic amines is 1. The predicted octanol–water partition coefficient (Wildman–Crippen LogP) is 2.75. The van der Waals surface area contributed by atoms with Gasteiger partial charge in [0.25, 0.3) is 0 Å². The Morgan fingerprint density at radius 2 is 1.94 bits per heavy atom. The van der Waals surface area contributed by atoms with Gasteiger partial charge in [-0.2, -0.15) is 5.10 Å². The highest BCUT2D eigenvalue weighted by atomic mass is 16.5. The quantitative estimate of drug-likeness (QED) is 0.796. The zero-order valence-corrected chi connectivity index (χ0v) is 11.1. The number of hydrogen-bond acceptors (Lipinski definition) is 3. The van der Waals surface area contributed by atoms with Gasteiger partial charge < -0.3 is 10.1 Å². The third kappa shape index (κ3) is 2.71. The molecule has 2 aromatic rings. The molecule has 1 heterocycles. The number of nitrogens with one attached hydrogen (secondary N) is 2. The van der Waals surface area contributed by atoms with Gasteiger partial charge in [0.05, 0.1) is 12.3 Å². The van der Waals surface area contributed by atoms with E-state index in [1.54, 1.807) is 7.11 Å². The maximum absolute atomic E-state index is 5.01. The molecule has 2 rings (SSSR count). The number of aromatic nitrogens is 2. The molecule has 2 N–H and O–H groups in total. The molecule has 0 fully saturated rings. The topological polar surface area (TPSA) is 49.9 Å². The van der Waals surface area contributed by atoms with Crippen LogP contribution in [0, 0.1) is 13.8 Å². The Morgan fingerprint density at radius 1 is 1.22 bits per heavy atom. The van der Waals surface area contributed by atoms with E-state index in [-0.39, 0.29) is 0 Å². The third-order valence-electron chi connectivity index (χ3n) is 2.95. The zero-order valence-electron chi connectivity index (χ0n) is 11.1. The van der Waals surface area contributed by atoms with Gasteiger partial charge in [0.2, 0.25) is 0 Å². The molecule has 0 aliphatic carbocycles. The molecule has 0 bridgehead atoms. The van der Waals surface area contributed by atoms with Gasteiger partial charge in [-0.1, -0.05) is 29.8 Å². The first kappa shape index (κ1) is 12.6. The van der Waals surface area contributed by atoms with Crippen LogP contribution in [0.1, 0.15) is 11.1 Å². The first-order valence-electron chi connectivity index (χ1n) is 6.07. The molecule has 0 amide bonds.